The van der Waals surface area contributed by atoms with Gasteiger partial charge < -0.3 is 19.8 Å². The largest absolute Gasteiger partial charge is 0.497 e. The summed E-state index contributed by atoms with van der Waals surface area (Å²) in [5.41, 5.74) is 2.05. The Morgan fingerprint density at radius 1 is 1.07 bits per heavy atom. The van der Waals surface area contributed by atoms with E-state index in [9.17, 15) is 9.59 Å². The number of amides is 2. The molecule has 0 spiro atoms. The van der Waals surface area contributed by atoms with Gasteiger partial charge in [-0.05, 0) is 48.5 Å². The molecule has 0 bridgehead atoms. The van der Waals surface area contributed by atoms with E-state index >= 15 is 0 Å². The van der Waals surface area contributed by atoms with Crippen LogP contribution in [0.2, 0.25) is 0 Å². The Balaban J connectivity index is 1.53. The summed E-state index contributed by atoms with van der Waals surface area (Å²) in [6.45, 7) is 0. The molecule has 7 nitrogen and oxygen atoms in total. The highest BCUT2D eigenvalue weighted by Gasteiger charge is 2.10. The molecule has 0 unspecified atom stereocenters. The summed E-state index contributed by atoms with van der Waals surface area (Å²) in [6.07, 6.45) is 2.27. The number of aromatic nitrogens is 1. The van der Waals surface area contributed by atoms with Crippen LogP contribution in [0, 0.1) is 0 Å². The predicted molar refractivity (Wildman–Crippen MR) is 105 cm³/mol. The summed E-state index contributed by atoms with van der Waals surface area (Å²) in [5, 5.41) is 5.34. The summed E-state index contributed by atoms with van der Waals surface area (Å²) in [4.78, 5) is 27.9. The van der Waals surface area contributed by atoms with Gasteiger partial charge in [0, 0.05) is 36.7 Å². The van der Waals surface area contributed by atoms with Crippen molar-refractivity contribution in [2.24, 2.45) is 0 Å². The maximum atomic E-state index is 12.1. The van der Waals surface area contributed by atoms with Crippen LogP contribution in [0.15, 0.2) is 59.1 Å². The number of hydrogen-bond acceptors (Lipinski definition) is 5. The molecule has 3 rings (SSSR count). The molecule has 2 N–H and O–H groups in total. The number of anilines is 1. The number of hydrogen-bond donors (Lipinski definition) is 2. The SMILES string of the molecule is CNC(=O)c1ccc(NC(=O)CCc2ncc(-c3ccc(OC)cc3)o2)cc1. The standard InChI is InChI=1S/C21H21N3O4/c1-22-21(26)15-3-7-16(8-4-15)24-19(25)11-12-20-23-13-18(28-20)14-5-9-17(27-2)10-6-14/h3-10,13H,11-12H2,1-2H3,(H,22,26)(H,24,25). The summed E-state index contributed by atoms with van der Waals surface area (Å²) >= 11 is 0. The van der Waals surface area contributed by atoms with Crippen LogP contribution in [0.3, 0.4) is 0 Å². The van der Waals surface area contributed by atoms with Crippen molar-refractivity contribution >= 4 is 17.5 Å². The number of ether oxygens (including phenoxy) is 1. The third-order valence-electron chi connectivity index (χ3n) is 4.15. The monoisotopic (exact) mass is 379 g/mol. The summed E-state index contributed by atoms with van der Waals surface area (Å²) in [7, 11) is 3.18. The van der Waals surface area contributed by atoms with Gasteiger partial charge in [0.2, 0.25) is 5.91 Å². The quantitative estimate of drug-likeness (QED) is 0.657. The number of carbonyl (C=O) groups excluding carboxylic acids is 2. The van der Waals surface area contributed by atoms with Crippen molar-refractivity contribution in [3.05, 3.63) is 66.2 Å². The van der Waals surface area contributed by atoms with Crippen molar-refractivity contribution in [3.63, 3.8) is 0 Å². The summed E-state index contributed by atoms with van der Waals surface area (Å²) in [6, 6.07) is 14.2. The van der Waals surface area contributed by atoms with E-state index in [0.29, 0.717) is 29.3 Å². The smallest absolute Gasteiger partial charge is 0.251 e. The minimum atomic E-state index is -0.172. The minimum Gasteiger partial charge on any atom is -0.497 e. The van der Waals surface area contributed by atoms with E-state index in [1.165, 1.54) is 0 Å². The average Bonchev–Trinajstić information content (AvgIpc) is 3.21. The third-order valence-corrected chi connectivity index (χ3v) is 4.15. The van der Waals surface area contributed by atoms with Gasteiger partial charge in [-0.25, -0.2) is 4.98 Å². The molecule has 7 heteroatoms. The van der Waals surface area contributed by atoms with Crippen LogP contribution in [0.25, 0.3) is 11.3 Å². The summed E-state index contributed by atoms with van der Waals surface area (Å²) in [5.74, 6) is 1.58. The Bertz CT molecular complexity index is 947. The van der Waals surface area contributed by atoms with Crippen molar-refractivity contribution < 1.29 is 18.7 Å². The van der Waals surface area contributed by atoms with E-state index in [4.69, 9.17) is 9.15 Å². The Hall–Kier alpha value is -3.61. The van der Waals surface area contributed by atoms with Crippen LogP contribution in [0.4, 0.5) is 5.69 Å². The van der Waals surface area contributed by atoms with Crippen LogP contribution in [-0.2, 0) is 11.2 Å². The van der Waals surface area contributed by atoms with E-state index in [1.807, 2.05) is 24.3 Å². The molecule has 0 saturated carbocycles. The van der Waals surface area contributed by atoms with E-state index in [0.717, 1.165) is 11.3 Å². The molecular weight excluding hydrogens is 358 g/mol. The number of aryl methyl sites for hydroxylation is 1. The lowest BCUT2D eigenvalue weighted by atomic mass is 10.2. The number of rotatable bonds is 7. The molecular formula is C21H21N3O4. The van der Waals surface area contributed by atoms with Crippen molar-refractivity contribution in [3.8, 4) is 17.1 Å². The molecule has 1 aromatic heterocycles. The zero-order valence-corrected chi connectivity index (χ0v) is 15.7. The van der Waals surface area contributed by atoms with Gasteiger partial charge in [0.05, 0.1) is 13.3 Å². The molecule has 0 aliphatic rings. The van der Waals surface area contributed by atoms with Gasteiger partial charge in [-0.3, -0.25) is 9.59 Å². The molecule has 0 fully saturated rings. The van der Waals surface area contributed by atoms with E-state index in [1.54, 1.807) is 44.6 Å². The molecule has 0 aliphatic heterocycles. The highest BCUT2D eigenvalue weighted by molar-refractivity contribution is 5.95. The number of methoxy groups -OCH3 is 1. The topological polar surface area (TPSA) is 93.5 Å². The van der Waals surface area contributed by atoms with Gasteiger partial charge in [-0.2, -0.15) is 0 Å². The first-order chi connectivity index (χ1) is 13.6. The van der Waals surface area contributed by atoms with Crippen LogP contribution in [0.5, 0.6) is 5.75 Å². The minimum absolute atomic E-state index is 0.156. The number of oxazole rings is 1. The second-order valence-corrected chi connectivity index (χ2v) is 6.05. The van der Waals surface area contributed by atoms with Crippen molar-refractivity contribution in [1.82, 2.24) is 10.3 Å². The number of carbonyl (C=O) groups is 2. The van der Waals surface area contributed by atoms with Gasteiger partial charge >= 0.3 is 0 Å². The van der Waals surface area contributed by atoms with E-state index < -0.39 is 0 Å². The molecule has 0 radical (unpaired) electrons. The Kier molecular flexibility index (Phi) is 6.06. The molecule has 0 saturated heterocycles. The lowest BCUT2D eigenvalue weighted by molar-refractivity contribution is -0.116. The fourth-order valence-corrected chi connectivity index (χ4v) is 2.61. The maximum absolute atomic E-state index is 12.1. The molecule has 0 atom stereocenters. The van der Waals surface area contributed by atoms with Gasteiger partial charge in [0.15, 0.2) is 11.7 Å². The van der Waals surface area contributed by atoms with Crippen LogP contribution < -0.4 is 15.4 Å². The first-order valence-electron chi connectivity index (χ1n) is 8.80. The first kappa shape index (κ1) is 19.2. The molecule has 2 aromatic carbocycles. The fraction of sp³-hybridized carbons (Fsp3) is 0.190. The number of nitrogens with one attached hydrogen (secondary N) is 2. The zero-order chi connectivity index (χ0) is 19.9. The number of benzene rings is 2. The maximum Gasteiger partial charge on any atom is 0.251 e. The molecule has 1 heterocycles. The average molecular weight is 379 g/mol. The molecule has 0 aliphatic carbocycles. The zero-order valence-electron chi connectivity index (χ0n) is 15.7. The van der Waals surface area contributed by atoms with Gasteiger partial charge in [-0.15, -0.1) is 0 Å². The Morgan fingerprint density at radius 2 is 1.79 bits per heavy atom. The lowest BCUT2D eigenvalue weighted by Gasteiger charge is -2.05. The van der Waals surface area contributed by atoms with Crippen molar-refractivity contribution in [2.45, 2.75) is 12.8 Å². The second-order valence-electron chi connectivity index (χ2n) is 6.05. The van der Waals surface area contributed by atoms with Crippen molar-refractivity contribution in [2.75, 3.05) is 19.5 Å². The summed E-state index contributed by atoms with van der Waals surface area (Å²) < 4.78 is 10.9. The van der Waals surface area contributed by atoms with E-state index in [-0.39, 0.29) is 18.2 Å². The normalized spacial score (nSPS) is 10.4. The number of nitrogens with zero attached hydrogens (tertiary/aromatic N) is 1. The predicted octanol–water partition coefficient (Wildman–Crippen LogP) is 3.28. The van der Waals surface area contributed by atoms with E-state index in [2.05, 4.69) is 15.6 Å². The van der Waals surface area contributed by atoms with Crippen LogP contribution >= 0.6 is 0 Å². The van der Waals surface area contributed by atoms with Crippen LogP contribution in [0.1, 0.15) is 22.7 Å². The third kappa shape index (κ3) is 4.76. The molecule has 28 heavy (non-hydrogen) atoms. The Morgan fingerprint density at radius 3 is 2.43 bits per heavy atom. The molecule has 144 valence electrons. The molecule has 2 amide bonds. The highest BCUT2D eigenvalue weighted by Crippen LogP contribution is 2.23. The second kappa shape index (κ2) is 8.85. The van der Waals surface area contributed by atoms with Gasteiger partial charge in [-0.1, -0.05) is 0 Å². The van der Waals surface area contributed by atoms with Crippen LogP contribution in [-0.4, -0.2) is 31.0 Å². The van der Waals surface area contributed by atoms with Gasteiger partial charge in [0.25, 0.3) is 5.91 Å². The van der Waals surface area contributed by atoms with Gasteiger partial charge in [0.1, 0.15) is 5.75 Å². The molecule has 3 aromatic rings. The highest BCUT2D eigenvalue weighted by atomic mass is 16.5. The lowest BCUT2D eigenvalue weighted by Crippen LogP contribution is -2.18. The Labute approximate surface area is 162 Å². The fourth-order valence-electron chi connectivity index (χ4n) is 2.61. The van der Waals surface area contributed by atoms with Crippen molar-refractivity contribution in [1.29, 1.82) is 0 Å². The first-order valence-corrected chi connectivity index (χ1v) is 8.80.